The molecule has 0 aromatic carbocycles. The normalized spacial score (nSPS) is 12.6. The van der Waals surface area contributed by atoms with E-state index in [1.54, 1.807) is 6.08 Å². The zero-order chi connectivity index (χ0) is 48.6. The van der Waals surface area contributed by atoms with Gasteiger partial charge in [-0.25, -0.2) is 0 Å². The molecule has 0 aliphatic rings. The number of aliphatic hydroxyl groups excluding tert-OH is 2. The van der Waals surface area contributed by atoms with Crippen LogP contribution >= 0.6 is 0 Å². The maximum absolute atomic E-state index is 12.5. The van der Waals surface area contributed by atoms with Gasteiger partial charge in [0.25, 0.3) is 0 Å². The summed E-state index contributed by atoms with van der Waals surface area (Å²) >= 11 is 0. The van der Waals surface area contributed by atoms with Crippen LogP contribution in [0.25, 0.3) is 0 Å². The largest absolute Gasteiger partial charge is 0.466 e. The Balaban J connectivity index is 3.41. The van der Waals surface area contributed by atoms with Gasteiger partial charge in [0.1, 0.15) is 0 Å². The highest BCUT2D eigenvalue weighted by atomic mass is 16.5. The fourth-order valence-corrected chi connectivity index (χ4v) is 9.64. The van der Waals surface area contributed by atoms with Gasteiger partial charge >= 0.3 is 5.97 Å². The van der Waals surface area contributed by atoms with Gasteiger partial charge in [0.15, 0.2) is 0 Å². The molecule has 0 fully saturated rings. The van der Waals surface area contributed by atoms with Gasteiger partial charge in [-0.15, -0.1) is 0 Å². The van der Waals surface area contributed by atoms with Crippen molar-refractivity contribution in [3.8, 4) is 0 Å². The zero-order valence-electron chi connectivity index (χ0n) is 45.4. The second kappa shape index (κ2) is 57.2. The van der Waals surface area contributed by atoms with Crippen LogP contribution in [0.1, 0.15) is 341 Å². The lowest BCUT2D eigenvalue weighted by molar-refractivity contribution is -0.143. The van der Waals surface area contributed by atoms with E-state index in [4.69, 9.17) is 4.74 Å². The molecule has 0 aromatic rings. The minimum absolute atomic E-state index is 0.00909. The fourth-order valence-electron chi connectivity index (χ4n) is 9.64. The van der Waals surface area contributed by atoms with Crippen LogP contribution in [0.5, 0.6) is 0 Å². The highest BCUT2D eigenvalue weighted by molar-refractivity contribution is 5.76. The number of hydrogen-bond donors (Lipinski definition) is 3. The van der Waals surface area contributed by atoms with Crippen LogP contribution in [0.2, 0.25) is 0 Å². The number of hydrogen-bond acceptors (Lipinski definition) is 5. The van der Waals surface area contributed by atoms with E-state index in [2.05, 4.69) is 19.2 Å². The monoisotopic (exact) mass is 946 g/mol. The molecular weight excluding hydrogens is 827 g/mol. The molecule has 0 saturated carbocycles. The van der Waals surface area contributed by atoms with Crippen molar-refractivity contribution < 1.29 is 24.5 Å². The highest BCUT2D eigenvalue weighted by Gasteiger charge is 2.18. The van der Waals surface area contributed by atoms with Crippen molar-refractivity contribution in [1.29, 1.82) is 0 Å². The average molecular weight is 947 g/mol. The van der Waals surface area contributed by atoms with Gasteiger partial charge in [0.05, 0.1) is 25.4 Å². The molecule has 0 aliphatic heterocycles. The molecule has 67 heavy (non-hydrogen) atoms. The van der Waals surface area contributed by atoms with Gasteiger partial charge in [-0.3, -0.25) is 9.59 Å². The summed E-state index contributed by atoms with van der Waals surface area (Å²) in [7, 11) is 0. The first-order valence-corrected chi connectivity index (χ1v) is 30.5. The number of rotatable bonds is 57. The van der Waals surface area contributed by atoms with Crippen molar-refractivity contribution in [1.82, 2.24) is 5.32 Å². The lowest BCUT2D eigenvalue weighted by Gasteiger charge is -2.20. The van der Waals surface area contributed by atoms with Crippen molar-refractivity contribution >= 4 is 11.9 Å². The lowest BCUT2D eigenvalue weighted by Crippen LogP contribution is -2.45. The van der Waals surface area contributed by atoms with Crippen LogP contribution in [0.15, 0.2) is 12.2 Å². The number of unbranched alkanes of at least 4 members (excludes halogenated alkanes) is 46. The molecule has 0 heterocycles. The zero-order valence-corrected chi connectivity index (χ0v) is 45.4. The van der Waals surface area contributed by atoms with Crippen molar-refractivity contribution in [3.05, 3.63) is 12.2 Å². The Morgan fingerprint density at radius 3 is 1.01 bits per heavy atom. The summed E-state index contributed by atoms with van der Waals surface area (Å²) in [5, 5.41) is 23.1. The van der Waals surface area contributed by atoms with E-state index in [-0.39, 0.29) is 18.5 Å². The summed E-state index contributed by atoms with van der Waals surface area (Å²) in [4.78, 5) is 24.5. The Morgan fingerprint density at radius 2 is 0.687 bits per heavy atom. The van der Waals surface area contributed by atoms with E-state index in [0.717, 1.165) is 38.5 Å². The van der Waals surface area contributed by atoms with Crippen LogP contribution in [0.3, 0.4) is 0 Å². The standard InChI is InChI=1S/C61H119NO5/c1-3-5-7-9-11-13-15-17-19-22-27-31-35-39-43-47-51-55-61(66)67-56-52-48-44-40-36-32-28-24-21-23-26-30-34-38-42-46-50-54-60(65)62-58(57-63)59(64)53-49-45-41-37-33-29-25-20-18-16-14-12-10-8-6-4-2/h49,53,58-59,63-64H,3-48,50-52,54-57H2,1-2H3,(H,62,65)/b53-49+. The van der Waals surface area contributed by atoms with Crippen molar-refractivity contribution in [2.24, 2.45) is 0 Å². The second-order valence-corrected chi connectivity index (χ2v) is 21.0. The molecule has 0 spiro atoms. The smallest absolute Gasteiger partial charge is 0.305 e. The van der Waals surface area contributed by atoms with Gasteiger partial charge in [-0.1, -0.05) is 309 Å². The molecule has 6 nitrogen and oxygen atoms in total. The van der Waals surface area contributed by atoms with E-state index in [0.29, 0.717) is 19.4 Å². The van der Waals surface area contributed by atoms with E-state index >= 15 is 0 Å². The summed E-state index contributed by atoms with van der Waals surface area (Å²) in [6.07, 6.45) is 68.1. The molecule has 0 aromatic heterocycles. The molecule has 2 atom stereocenters. The number of amides is 1. The number of ether oxygens (including phenoxy) is 1. The topological polar surface area (TPSA) is 95.9 Å². The Hall–Kier alpha value is -1.40. The Morgan fingerprint density at radius 1 is 0.403 bits per heavy atom. The quantitative estimate of drug-likeness (QED) is 0.0321. The predicted molar refractivity (Wildman–Crippen MR) is 292 cm³/mol. The molecule has 6 heteroatoms. The summed E-state index contributed by atoms with van der Waals surface area (Å²) in [6, 6.07) is -0.631. The third-order valence-electron chi connectivity index (χ3n) is 14.3. The van der Waals surface area contributed by atoms with Crippen LogP contribution in [-0.4, -0.2) is 47.4 Å². The molecule has 0 radical (unpaired) electrons. The Kier molecular flexibility index (Phi) is 56.0. The van der Waals surface area contributed by atoms with Gasteiger partial charge in [0, 0.05) is 12.8 Å². The maximum atomic E-state index is 12.5. The maximum Gasteiger partial charge on any atom is 0.305 e. The molecule has 1 amide bonds. The van der Waals surface area contributed by atoms with E-state index < -0.39 is 12.1 Å². The first-order chi connectivity index (χ1) is 33.0. The molecule has 3 N–H and O–H groups in total. The molecule has 398 valence electrons. The molecule has 2 unspecified atom stereocenters. The van der Waals surface area contributed by atoms with E-state index in [1.807, 2.05) is 6.08 Å². The minimum Gasteiger partial charge on any atom is -0.466 e. The van der Waals surface area contributed by atoms with Gasteiger partial charge in [-0.2, -0.15) is 0 Å². The summed E-state index contributed by atoms with van der Waals surface area (Å²) in [6.45, 7) is 4.92. The number of carbonyl (C=O) groups is 2. The summed E-state index contributed by atoms with van der Waals surface area (Å²) < 4.78 is 5.49. The highest BCUT2D eigenvalue weighted by Crippen LogP contribution is 2.18. The fraction of sp³-hybridized carbons (Fsp3) is 0.934. The van der Waals surface area contributed by atoms with Crippen LogP contribution in [-0.2, 0) is 14.3 Å². The lowest BCUT2D eigenvalue weighted by atomic mass is 10.0. The van der Waals surface area contributed by atoms with Crippen LogP contribution in [0, 0.1) is 0 Å². The third-order valence-corrected chi connectivity index (χ3v) is 14.3. The number of carbonyl (C=O) groups excluding carboxylic acids is 2. The molecule has 0 saturated heterocycles. The van der Waals surface area contributed by atoms with Gasteiger partial charge in [0.2, 0.25) is 5.91 Å². The average Bonchev–Trinajstić information content (AvgIpc) is 3.33. The van der Waals surface area contributed by atoms with Crippen molar-refractivity contribution in [2.45, 2.75) is 353 Å². The second-order valence-electron chi connectivity index (χ2n) is 21.0. The first kappa shape index (κ1) is 65.6. The first-order valence-electron chi connectivity index (χ1n) is 30.5. The van der Waals surface area contributed by atoms with Crippen molar-refractivity contribution in [3.63, 3.8) is 0 Å². The summed E-state index contributed by atoms with van der Waals surface area (Å²) in [5.41, 5.74) is 0. The number of allylic oxidation sites excluding steroid dienone is 1. The number of esters is 1. The third kappa shape index (κ3) is 53.8. The SMILES string of the molecule is CCCCCCCCCCCCCCCC/C=C/C(O)C(CO)NC(=O)CCCCCCCCCCCCCCCCCCCOC(=O)CCCCCCCCCCCCCCCCCCC. The molecule has 0 rings (SSSR count). The summed E-state index contributed by atoms with van der Waals surface area (Å²) in [5.74, 6) is -0.0615. The van der Waals surface area contributed by atoms with Crippen molar-refractivity contribution in [2.75, 3.05) is 13.2 Å². The Bertz CT molecular complexity index is 1000. The van der Waals surface area contributed by atoms with E-state index in [1.165, 1.54) is 276 Å². The number of nitrogens with one attached hydrogen (secondary N) is 1. The van der Waals surface area contributed by atoms with Crippen LogP contribution < -0.4 is 5.32 Å². The molecule has 0 bridgehead atoms. The minimum atomic E-state index is -0.847. The Labute approximate surface area is 419 Å². The number of aliphatic hydroxyl groups is 2. The van der Waals surface area contributed by atoms with E-state index in [9.17, 15) is 19.8 Å². The van der Waals surface area contributed by atoms with Crippen LogP contribution in [0.4, 0.5) is 0 Å². The predicted octanol–water partition coefficient (Wildman–Crippen LogP) is 18.9. The van der Waals surface area contributed by atoms with Gasteiger partial charge < -0.3 is 20.3 Å². The molecular formula is C61H119NO5. The molecule has 0 aliphatic carbocycles. The van der Waals surface area contributed by atoms with Gasteiger partial charge in [-0.05, 0) is 32.1 Å².